The third-order valence-electron chi connectivity index (χ3n) is 8.35. The van der Waals surface area contributed by atoms with Crippen LogP contribution in [0, 0.1) is 10.8 Å². The molecule has 0 unspecified atom stereocenters. The van der Waals surface area contributed by atoms with Crippen molar-refractivity contribution in [1.29, 1.82) is 0 Å². The van der Waals surface area contributed by atoms with Crippen LogP contribution < -0.4 is 0 Å². The van der Waals surface area contributed by atoms with Crippen molar-refractivity contribution in [3.8, 4) is 0 Å². The normalized spacial score (nSPS) is 12.5. The Kier molecular flexibility index (Phi) is 22.3. The number of aliphatic hydroxyl groups is 3. The minimum absolute atomic E-state index is 0.00837. The molecule has 3 heteroatoms. The molecule has 0 spiro atoms. The van der Waals surface area contributed by atoms with Crippen LogP contribution in [0.5, 0.6) is 0 Å². The van der Waals surface area contributed by atoms with E-state index in [9.17, 15) is 15.3 Å². The van der Waals surface area contributed by atoms with E-state index in [2.05, 4.69) is 20.8 Å². The van der Waals surface area contributed by atoms with Crippen LogP contribution in [0.2, 0.25) is 0 Å². The van der Waals surface area contributed by atoms with E-state index in [0.717, 1.165) is 19.3 Å². The van der Waals surface area contributed by atoms with Crippen LogP contribution in [0.3, 0.4) is 0 Å². The van der Waals surface area contributed by atoms with Gasteiger partial charge in [0.05, 0.1) is 13.2 Å². The van der Waals surface area contributed by atoms with Crippen LogP contribution in [0.1, 0.15) is 162 Å². The Morgan fingerprint density at radius 3 is 0.939 bits per heavy atom. The van der Waals surface area contributed by atoms with E-state index in [0.29, 0.717) is 6.42 Å². The molecule has 0 radical (unpaired) electrons. The number of unbranched alkanes of at least 4 members (excludes halogenated alkanes) is 15. The van der Waals surface area contributed by atoms with Crippen molar-refractivity contribution in [2.24, 2.45) is 10.8 Å². The van der Waals surface area contributed by atoms with Crippen LogP contribution in [0.25, 0.3) is 0 Å². The van der Waals surface area contributed by atoms with Crippen molar-refractivity contribution in [1.82, 2.24) is 0 Å². The van der Waals surface area contributed by atoms with Gasteiger partial charge in [0.15, 0.2) is 0 Å². The van der Waals surface area contributed by atoms with Gasteiger partial charge in [0, 0.05) is 12.0 Å². The summed E-state index contributed by atoms with van der Waals surface area (Å²) in [5.74, 6) is 0. The van der Waals surface area contributed by atoms with E-state index in [1.807, 2.05) is 0 Å². The van der Waals surface area contributed by atoms with Crippen molar-refractivity contribution in [3.63, 3.8) is 0 Å². The summed E-state index contributed by atoms with van der Waals surface area (Å²) in [5, 5.41) is 31.1. The quantitative estimate of drug-likeness (QED) is 0.111. The van der Waals surface area contributed by atoms with Gasteiger partial charge in [0.1, 0.15) is 0 Å². The van der Waals surface area contributed by atoms with Crippen molar-refractivity contribution < 1.29 is 15.3 Å². The van der Waals surface area contributed by atoms with Gasteiger partial charge in [-0.25, -0.2) is 0 Å². The predicted octanol–water partition coefficient (Wildman–Crippen LogP) is 8.58. The monoisotopic (exact) mass is 470 g/mol. The smallest absolute Gasteiger partial charge is 0.0515 e. The summed E-state index contributed by atoms with van der Waals surface area (Å²) in [5.41, 5.74) is -0.614. The fourth-order valence-electron chi connectivity index (χ4n) is 5.92. The molecule has 0 aromatic heterocycles. The van der Waals surface area contributed by atoms with Crippen LogP contribution in [0.15, 0.2) is 0 Å². The van der Waals surface area contributed by atoms with Gasteiger partial charge in [-0.2, -0.15) is 0 Å². The van der Waals surface area contributed by atoms with E-state index >= 15 is 0 Å². The van der Waals surface area contributed by atoms with Gasteiger partial charge in [-0.1, -0.05) is 136 Å². The van der Waals surface area contributed by atoms with E-state index < -0.39 is 5.41 Å². The molecule has 0 aliphatic carbocycles. The van der Waals surface area contributed by atoms with Gasteiger partial charge in [-0.15, -0.1) is 0 Å². The number of hydrogen-bond donors (Lipinski definition) is 3. The van der Waals surface area contributed by atoms with E-state index in [4.69, 9.17) is 0 Å². The summed E-state index contributed by atoms with van der Waals surface area (Å²) >= 11 is 0. The Morgan fingerprint density at radius 1 is 0.364 bits per heavy atom. The Morgan fingerprint density at radius 2 is 0.667 bits per heavy atom. The summed E-state index contributed by atoms with van der Waals surface area (Å²) in [7, 11) is 0. The molecule has 0 aromatic rings. The molecule has 0 heterocycles. The lowest BCUT2D eigenvalue weighted by Gasteiger charge is -2.50. The van der Waals surface area contributed by atoms with Crippen molar-refractivity contribution >= 4 is 0 Å². The topological polar surface area (TPSA) is 60.7 Å². The number of aliphatic hydroxyl groups excluding tert-OH is 3. The molecule has 0 atom stereocenters. The average molecular weight is 471 g/mol. The molecule has 0 saturated carbocycles. The zero-order valence-electron chi connectivity index (χ0n) is 23.0. The fraction of sp³-hybridized carbons (Fsp3) is 1.00. The zero-order valence-corrected chi connectivity index (χ0v) is 23.0. The lowest BCUT2D eigenvalue weighted by molar-refractivity contribution is -0.0926. The molecule has 0 amide bonds. The Balaban J connectivity index is 5.36. The van der Waals surface area contributed by atoms with Gasteiger partial charge in [0.25, 0.3) is 0 Å². The first-order chi connectivity index (χ1) is 16.1. The van der Waals surface area contributed by atoms with Crippen molar-refractivity contribution in [2.75, 3.05) is 19.8 Å². The second kappa shape index (κ2) is 22.4. The third kappa shape index (κ3) is 13.5. The molecule has 0 rings (SSSR count). The standard InChI is InChI=1S/C30H62O3/c1-4-7-10-13-16-19-22-29(23-20-17-14-11-8-5-2,24-21-18-15-12-9-6-3)30(27-32,28-33)25-26-31/h31-33H,4-28H2,1-3H3. The highest BCUT2D eigenvalue weighted by Gasteiger charge is 2.48. The third-order valence-corrected chi connectivity index (χ3v) is 8.35. The minimum atomic E-state index is -0.558. The van der Waals surface area contributed by atoms with Crippen LogP contribution >= 0.6 is 0 Å². The molecule has 0 aromatic carbocycles. The molecular formula is C30H62O3. The van der Waals surface area contributed by atoms with Crippen molar-refractivity contribution in [3.05, 3.63) is 0 Å². The average Bonchev–Trinajstić information content (AvgIpc) is 2.83. The predicted molar refractivity (Wildman–Crippen MR) is 145 cm³/mol. The Bertz CT molecular complexity index is 351. The van der Waals surface area contributed by atoms with E-state index in [1.54, 1.807) is 0 Å². The highest BCUT2D eigenvalue weighted by atomic mass is 16.3. The first-order valence-corrected chi connectivity index (χ1v) is 14.9. The SMILES string of the molecule is CCCCCCCCC(CCCCCCCC)(CCCCCCCC)C(CO)(CO)CCO. The largest absolute Gasteiger partial charge is 0.396 e. The number of hydrogen-bond acceptors (Lipinski definition) is 3. The first-order valence-electron chi connectivity index (χ1n) is 14.9. The Hall–Kier alpha value is -0.120. The van der Waals surface area contributed by atoms with Gasteiger partial charge < -0.3 is 15.3 Å². The first kappa shape index (κ1) is 32.9. The second-order valence-corrected chi connectivity index (χ2v) is 10.9. The zero-order chi connectivity index (χ0) is 24.7. The molecular weight excluding hydrogens is 408 g/mol. The van der Waals surface area contributed by atoms with Crippen LogP contribution in [-0.2, 0) is 0 Å². The van der Waals surface area contributed by atoms with Crippen LogP contribution in [-0.4, -0.2) is 35.1 Å². The Labute approximate surface area is 208 Å². The summed E-state index contributed by atoms with van der Waals surface area (Å²) in [6.45, 7) is 6.82. The maximum atomic E-state index is 10.6. The summed E-state index contributed by atoms with van der Waals surface area (Å²) in [6, 6.07) is 0. The molecule has 3 N–H and O–H groups in total. The van der Waals surface area contributed by atoms with Crippen LogP contribution in [0.4, 0.5) is 0 Å². The maximum Gasteiger partial charge on any atom is 0.0515 e. The molecule has 33 heavy (non-hydrogen) atoms. The summed E-state index contributed by atoms with van der Waals surface area (Å²) in [4.78, 5) is 0. The molecule has 3 nitrogen and oxygen atoms in total. The van der Waals surface area contributed by atoms with Gasteiger partial charge >= 0.3 is 0 Å². The number of rotatable bonds is 26. The second-order valence-electron chi connectivity index (χ2n) is 10.9. The molecule has 0 aliphatic heterocycles. The van der Waals surface area contributed by atoms with E-state index in [-0.39, 0.29) is 25.2 Å². The highest BCUT2D eigenvalue weighted by Crippen LogP contribution is 2.53. The molecule has 0 bridgehead atoms. The molecule has 200 valence electrons. The maximum absolute atomic E-state index is 10.6. The lowest BCUT2D eigenvalue weighted by Crippen LogP contribution is -2.48. The van der Waals surface area contributed by atoms with Gasteiger partial charge in [0.2, 0.25) is 0 Å². The molecule has 0 saturated heterocycles. The van der Waals surface area contributed by atoms with Crippen molar-refractivity contribution in [2.45, 2.75) is 162 Å². The highest BCUT2D eigenvalue weighted by molar-refractivity contribution is 4.98. The van der Waals surface area contributed by atoms with E-state index in [1.165, 1.54) is 116 Å². The molecule has 0 aliphatic rings. The van der Waals surface area contributed by atoms with Gasteiger partial charge in [-0.3, -0.25) is 0 Å². The minimum Gasteiger partial charge on any atom is -0.396 e. The fourth-order valence-corrected chi connectivity index (χ4v) is 5.92. The lowest BCUT2D eigenvalue weighted by atomic mass is 9.55. The summed E-state index contributed by atoms with van der Waals surface area (Å²) in [6.07, 6.45) is 26.7. The molecule has 0 fully saturated rings. The summed E-state index contributed by atoms with van der Waals surface area (Å²) < 4.78 is 0. The van der Waals surface area contributed by atoms with Gasteiger partial charge in [-0.05, 0) is 31.1 Å².